The Morgan fingerprint density at radius 3 is 2.44 bits per heavy atom. The Bertz CT molecular complexity index is 1110. The largest absolute Gasteiger partial charge is 0.305 e. The van der Waals surface area contributed by atoms with Gasteiger partial charge in [0.1, 0.15) is 4.90 Å². The minimum atomic E-state index is -3.71. The van der Waals surface area contributed by atoms with Crippen LogP contribution in [0.3, 0.4) is 0 Å². The summed E-state index contributed by atoms with van der Waals surface area (Å²) >= 11 is 0. The quantitative estimate of drug-likeness (QED) is 0.674. The molecule has 27 heavy (non-hydrogen) atoms. The van der Waals surface area contributed by atoms with Gasteiger partial charge in [-0.3, -0.25) is 0 Å². The van der Waals surface area contributed by atoms with Gasteiger partial charge in [-0.15, -0.1) is 0 Å². The molecule has 0 fully saturated rings. The minimum Gasteiger partial charge on any atom is -0.305 e. The van der Waals surface area contributed by atoms with Gasteiger partial charge in [0.25, 0.3) is 0 Å². The average molecular weight is 387 g/mol. The first-order valence-electron chi connectivity index (χ1n) is 9.01. The predicted molar refractivity (Wildman–Crippen MR) is 106 cm³/mol. The second-order valence-electron chi connectivity index (χ2n) is 7.18. The highest BCUT2D eigenvalue weighted by Gasteiger charge is 2.29. The van der Waals surface area contributed by atoms with Gasteiger partial charge in [0, 0.05) is 23.5 Å². The normalized spacial score (nSPS) is 12.3. The minimum absolute atomic E-state index is 0.221. The Balaban J connectivity index is 2.33. The Morgan fingerprint density at radius 1 is 1.15 bits per heavy atom. The van der Waals surface area contributed by atoms with Gasteiger partial charge in [-0.05, 0) is 59.0 Å². The summed E-state index contributed by atoms with van der Waals surface area (Å²) in [7, 11) is 0.281. The molecular weight excluding hydrogens is 360 g/mol. The van der Waals surface area contributed by atoms with E-state index in [4.69, 9.17) is 0 Å². The summed E-state index contributed by atoms with van der Waals surface area (Å²) in [6.45, 7) is 8.42. The molecule has 2 aromatic heterocycles. The second-order valence-corrected chi connectivity index (χ2v) is 9.07. The molecular formula is C20H26N4O2S. The number of sulfone groups is 1. The summed E-state index contributed by atoms with van der Waals surface area (Å²) in [6, 6.07) is 6.97. The standard InChI is InChI=1S/C20H26N4O2S/c1-7-18-19(27(25,26)16-10-8-9-13(2)11-16)20-21-14(3)17(12-23(5)6)15(4)24(20)22-18/h8-11H,7,12H2,1-6H3. The van der Waals surface area contributed by atoms with E-state index in [0.29, 0.717) is 17.8 Å². The Kier molecular flexibility index (Phi) is 5.10. The highest BCUT2D eigenvalue weighted by molar-refractivity contribution is 7.91. The Morgan fingerprint density at radius 2 is 1.85 bits per heavy atom. The zero-order chi connectivity index (χ0) is 19.9. The molecule has 0 amide bonds. The van der Waals surface area contributed by atoms with Crippen LogP contribution in [0, 0.1) is 20.8 Å². The van der Waals surface area contributed by atoms with Crippen LogP contribution in [0.25, 0.3) is 5.65 Å². The SMILES string of the molecule is CCc1nn2c(C)c(CN(C)C)c(C)nc2c1S(=O)(=O)c1cccc(C)c1. The van der Waals surface area contributed by atoms with Crippen molar-refractivity contribution in [3.05, 3.63) is 52.5 Å². The lowest BCUT2D eigenvalue weighted by Gasteiger charge is -2.15. The number of rotatable bonds is 5. The van der Waals surface area contributed by atoms with Crippen molar-refractivity contribution in [1.82, 2.24) is 19.5 Å². The van der Waals surface area contributed by atoms with E-state index in [9.17, 15) is 8.42 Å². The van der Waals surface area contributed by atoms with Gasteiger partial charge in [-0.25, -0.2) is 17.9 Å². The lowest BCUT2D eigenvalue weighted by Crippen LogP contribution is -2.16. The zero-order valence-electron chi connectivity index (χ0n) is 16.7. The van der Waals surface area contributed by atoms with E-state index in [0.717, 1.165) is 29.1 Å². The first-order valence-corrected chi connectivity index (χ1v) is 10.5. The molecule has 0 atom stereocenters. The van der Waals surface area contributed by atoms with E-state index in [1.54, 1.807) is 22.7 Å². The second kappa shape index (κ2) is 7.05. The molecule has 0 saturated carbocycles. The van der Waals surface area contributed by atoms with Crippen LogP contribution >= 0.6 is 0 Å². The number of aryl methyl sites for hydroxylation is 4. The summed E-state index contributed by atoms with van der Waals surface area (Å²) in [6.07, 6.45) is 0.519. The number of benzene rings is 1. The number of nitrogens with zero attached hydrogens (tertiary/aromatic N) is 4. The predicted octanol–water partition coefficient (Wildman–Crippen LogP) is 3.11. The van der Waals surface area contributed by atoms with Crippen LogP contribution in [0.15, 0.2) is 34.1 Å². The molecule has 1 aromatic carbocycles. The third-order valence-electron chi connectivity index (χ3n) is 4.73. The molecule has 0 aliphatic rings. The summed E-state index contributed by atoms with van der Waals surface area (Å²) < 4.78 is 28.5. The molecule has 0 radical (unpaired) electrons. The van der Waals surface area contributed by atoms with Gasteiger partial charge in [0.2, 0.25) is 9.84 Å². The molecule has 0 bridgehead atoms. The maximum atomic E-state index is 13.4. The highest BCUT2D eigenvalue weighted by Crippen LogP contribution is 2.30. The monoisotopic (exact) mass is 386 g/mol. The number of fused-ring (bicyclic) bond motifs is 1. The fourth-order valence-corrected chi connectivity index (χ4v) is 5.04. The van der Waals surface area contributed by atoms with Gasteiger partial charge in [-0.2, -0.15) is 5.10 Å². The topological polar surface area (TPSA) is 67.6 Å². The summed E-state index contributed by atoms with van der Waals surface area (Å²) in [4.78, 5) is 7.23. The molecule has 0 saturated heterocycles. The molecule has 6 nitrogen and oxygen atoms in total. The van der Waals surface area contributed by atoms with Crippen LogP contribution in [0.5, 0.6) is 0 Å². The average Bonchev–Trinajstić information content (AvgIpc) is 2.97. The summed E-state index contributed by atoms with van der Waals surface area (Å²) in [5.41, 5.74) is 4.68. The number of aromatic nitrogens is 3. The molecule has 3 aromatic rings. The van der Waals surface area contributed by atoms with Crippen molar-refractivity contribution in [2.24, 2.45) is 0 Å². The van der Waals surface area contributed by atoms with E-state index in [1.165, 1.54) is 0 Å². The van der Waals surface area contributed by atoms with Crippen molar-refractivity contribution in [1.29, 1.82) is 0 Å². The van der Waals surface area contributed by atoms with Gasteiger partial charge in [0.05, 0.1) is 10.6 Å². The molecule has 144 valence electrons. The molecule has 0 unspecified atom stereocenters. The summed E-state index contributed by atoms with van der Waals surface area (Å²) in [5, 5.41) is 4.61. The van der Waals surface area contributed by atoms with E-state index in [-0.39, 0.29) is 9.79 Å². The van der Waals surface area contributed by atoms with E-state index < -0.39 is 9.84 Å². The van der Waals surface area contributed by atoms with Crippen LogP contribution in [0.2, 0.25) is 0 Å². The zero-order valence-corrected chi connectivity index (χ0v) is 17.6. The Labute approximate surface area is 160 Å². The molecule has 7 heteroatoms. The van der Waals surface area contributed by atoms with Crippen LogP contribution in [0.4, 0.5) is 0 Å². The molecule has 0 aliphatic carbocycles. The van der Waals surface area contributed by atoms with Crippen molar-refractivity contribution in [2.75, 3.05) is 14.1 Å². The van der Waals surface area contributed by atoms with Crippen molar-refractivity contribution >= 4 is 15.5 Å². The first-order chi connectivity index (χ1) is 12.7. The maximum Gasteiger partial charge on any atom is 0.212 e. The van der Waals surface area contributed by atoms with Gasteiger partial charge in [0.15, 0.2) is 5.65 Å². The van der Waals surface area contributed by atoms with E-state index in [2.05, 4.69) is 15.0 Å². The molecule has 0 spiro atoms. The van der Waals surface area contributed by atoms with E-state index >= 15 is 0 Å². The number of hydrogen-bond acceptors (Lipinski definition) is 5. The third-order valence-corrected chi connectivity index (χ3v) is 6.56. The van der Waals surface area contributed by atoms with Crippen LogP contribution in [-0.2, 0) is 22.8 Å². The van der Waals surface area contributed by atoms with Gasteiger partial charge >= 0.3 is 0 Å². The lowest BCUT2D eigenvalue weighted by molar-refractivity contribution is 0.398. The third kappa shape index (κ3) is 3.37. The van der Waals surface area contributed by atoms with E-state index in [1.807, 2.05) is 47.9 Å². The molecule has 0 N–H and O–H groups in total. The van der Waals surface area contributed by atoms with Crippen LogP contribution in [-0.4, -0.2) is 42.0 Å². The number of hydrogen-bond donors (Lipinski definition) is 0. The highest BCUT2D eigenvalue weighted by atomic mass is 32.2. The van der Waals surface area contributed by atoms with Crippen molar-refractivity contribution in [3.8, 4) is 0 Å². The first kappa shape index (κ1) is 19.5. The van der Waals surface area contributed by atoms with Crippen molar-refractivity contribution in [2.45, 2.75) is 50.5 Å². The summed E-state index contributed by atoms with van der Waals surface area (Å²) in [5.74, 6) is 0. The van der Waals surface area contributed by atoms with Crippen molar-refractivity contribution < 1.29 is 8.42 Å². The fraction of sp³-hybridized carbons (Fsp3) is 0.400. The van der Waals surface area contributed by atoms with Gasteiger partial charge < -0.3 is 4.90 Å². The lowest BCUT2D eigenvalue weighted by atomic mass is 10.1. The smallest absolute Gasteiger partial charge is 0.212 e. The fourth-order valence-electron chi connectivity index (χ4n) is 3.34. The Hall–Kier alpha value is -2.25. The molecule has 0 aliphatic heterocycles. The van der Waals surface area contributed by atoms with Crippen LogP contribution in [0.1, 0.15) is 35.1 Å². The van der Waals surface area contributed by atoms with Crippen molar-refractivity contribution in [3.63, 3.8) is 0 Å². The molecule has 3 rings (SSSR count). The molecule has 2 heterocycles. The van der Waals surface area contributed by atoms with Gasteiger partial charge in [-0.1, -0.05) is 19.1 Å². The maximum absolute atomic E-state index is 13.4. The van der Waals surface area contributed by atoms with Crippen LogP contribution < -0.4 is 0 Å².